The Hall–Kier alpha value is -1.79. The molecule has 0 bridgehead atoms. The van der Waals surface area contributed by atoms with Gasteiger partial charge in [0.1, 0.15) is 6.54 Å². The third-order valence-electron chi connectivity index (χ3n) is 4.30. The van der Waals surface area contributed by atoms with Crippen LogP contribution in [0, 0.1) is 5.41 Å². The van der Waals surface area contributed by atoms with Gasteiger partial charge in [0.15, 0.2) is 0 Å². The van der Waals surface area contributed by atoms with Crippen molar-refractivity contribution in [3.63, 3.8) is 0 Å². The lowest BCUT2D eigenvalue weighted by Gasteiger charge is -2.38. The predicted molar refractivity (Wildman–Crippen MR) is 71.1 cm³/mol. The molecular weight excluding hydrogens is 262 g/mol. The number of carbonyl (C=O) groups excluding carboxylic acids is 2. The average molecular weight is 283 g/mol. The van der Waals surface area contributed by atoms with Crippen LogP contribution in [0.3, 0.4) is 0 Å². The van der Waals surface area contributed by atoms with Crippen LogP contribution in [0.1, 0.15) is 25.7 Å². The summed E-state index contributed by atoms with van der Waals surface area (Å²) in [5.74, 6) is -0.940. The summed E-state index contributed by atoms with van der Waals surface area (Å²) in [6.07, 6.45) is 2.82. The van der Waals surface area contributed by atoms with Crippen LogP contribution in [0.2, 0.25) is 0 Å². The van der Waals surface area contributed by atoms with Crippen molar-refractivity contribution in [2.75, 3.05) is 33.2 Å². The van der Waals surface area contributed by atoms with E-state index in [1.165, 1.54) is 4.90 Å². The molecule has 0 unspecified atom stereocenters. The Kier molecular flexibility index (Phi) is 4.15. The third kappa shape index (κ3) is 2.86. The number of likely N-dealkylation sites (N-methyl/N-ethyl adjacent to an activating group) is 1. The normalized spacial score (nSPS) is 21.9. The maximum Gasteiger partial charge on any atom is 0.317 e. The minimum atomic E-state index is -0.851. The van der Waals surface area contributed by atoms with Crippen LogP contribution >= 0.6 is 0 Å². The molecule has 3 amide bonds. The van der Waals surface area contributed by atoms with Gasteiger partial charge in [-0.3, -0.25) is 9.59 Å². The Morgan fingerprint density at radius 3 is 2.55 bits per heavy atom. The first-order valence-electron chi connectivity index (χ1n) is 6.95. The lowest BCUT2D eigenvalue weighted by Crippen LogP contribution is -2.51. The van der Waals surface area contributed by atoms with Gasteiger partial charge in [0.05, 0.1) is 5.41 Å². The minimum absolute atomic E-state index is 0.0579. The van der Waals surface area contributed by atoms with E-state index in [1.807, 2.05) is 0 Å². The summed E-state index contributed by atoms with van der Waals surface area (Å²) in [6, 6.07) is -0.346. The molecule has 7 nitrogen and oxygen atoms in total. The summed E-state index contributed by atoms with van der Waals surface area (Å²) in [4.78, 5) is 38.1. The predicted octanol–water partition coefficient (Wildman–Crippen LogP) is 0.115. The lowest BCUT2D eigenvalue weighted by molar-refractivity contribution is -0.153. The Labute approximate surface area is 117 Å². The van der Waals surface area contributed by atoms with Gasteiger partial charge < -0.3 is 20.2 Å². The molecule has 1 saturated heterocycles. The number of rotatable bonds is 3. The molecule has 20 heavy (non-hydrogen) atoms. The molecule has 1 aliphatic carbocycles. The molecule has 2 N–H and O–H groups in total. The van der Waals surface area contributed by atoms with Crippen molar-refractivity contribution >= 4 is 17.9 Å². The Bertz CT molecular complexity index is 420. The van der Waals surface area contributed by atoms with E-state index >= 15 is 0 Å². The third-order valence-corrected chi connectivity index (χ3v) is 4.30. The molecule has 2 fully saturated rings. The molecule has 1 aliphatic heterocycles. The van der Waals surface area contributed by atoms with Gasteiger partial charge >= 0.3 is 12.0 Å². The molecular formula is C13H21N3O4. The summed E-state index contributed by atoms with van der Waals surface area (Å²) in [7, 11) is 1.72. The molecule has 2 rings (SSSR count). The highest BCUT2D eigenvalue weighted by molar-refractivity contribution is 5.85. The Balaban J connectivity index is 1.88. The molecule has 0 atom stereocenters. The smallest absolute Gasteiger partial charge is 0.317 e. The van der Waals surface area contributed by atoms with Crippen LogP contribution in [0.4, 0.5) is 4.79 Å². The van der Waals surface area contributed by atoms with Crippen molar-refractivity contribution in [3.05, 3.63) is 0 Å². The number of carbonyl (C=O) groups is 3. The van der Waals surface area contributed by atoms with Crippen LogP contribution < -0.4 is 5.32 Å². The largest absolute Gasteiger partial charge is 0.481 e. The second-order valence-electron chi connectivity index (χ2n) is 5.69. The number of amides is 3. The highest BCUT2D eigenvalue weighted by Gasteiger charge is 2.44. The van der Waals surface area contributed by atoms with E-state index in [1.54, 1.807) is 11.9 Å². The number of urea groups is 1. The van der Waals surface area contributed by atoms with Gasteiger partial charge in [0.2, 0.25) is 5.91 Å². The van der Waals surface area contributed by atoms with Crippen LogP contribution in [0.25, 0.3) is 0 Å². The molecule has 0 aromatic carbocycles. The molecule has 1 heterocycles. The fourth-order valence-corrected chi connectivity index (χ4v) is 2.59. The van der Waals surface area contributed by atoms with Crippen molar-refractivity contribution in [3.8, 4) is 0 Å². The van der Waals surface area contributed by atoms with E-state index in [2.05, 4.69) is 5.32 Å². The number of hydrogen-bond donors (Lipinski definition) is 2. The molecule has 0 aromatic rings. The highest BCUT2D eigenvalue weighted by atomic mass is 16.4. The molecule has 1 saturated carbocycles. The second kappa shape index (κ2) is 5.68. The molecule has 0 spiro atoms. The topological polar surface area (TPSA) is 89.9 Å². The van der Waals surface area contributed by atoms with Gasteiger partial charge in [0.25, 0.3) is 0 Å². The highest BCUT2D eigenvalue weighted by Crippen LogP contribution is 2.40. The first-order chi connectivity index (χ1) is 9.44. The zero-order valence-electron chi connectivity index (χ0n) is 11.7. The van der Waals surface area contributed by atoms with Crippen LogP contribution in [-0.2, 0) is 9.59 Å². The van der Waals surface area contributed by atoms with Gasteiger partial charge in [-0.2, -0.15) is 0 Å². The van der Waals surface area contributed by atoms with Crippen LogP contribution in [0.5, 0.6) is 0 Å². The van der Waals surface area contributed by atoms with Gasteiger partial charge in [-0.25, -0.2) is 4.79 Å². The van der Waals surface area contributed by atoms with E-state index in [-0.39, 0.29) is 25.0 Å². The van der Waals surface area contributed by atoms with Crippen LogP contribution in [0.15, 0.2) is 0 Å². The first-order valence-corrected chi connectivity index (χ1v) is 6.95. The minimum Gasteiger partial charge on any atom is -0.481 e. The van der Waals surface area contributed by atoms with Gasteiger partial charge in [0, 0.05) is 26.7 Å². The fourth-order valence-electron chi connectivity index (χ4n) is 2.59. The maximum absolute atomic E-state index is 12.1. The average Bonchev–Trinajstić information content (AvgIpc) is 2.50. The zero-order chi connectivity index (χ0) is 14.8. The molecule has 2 aliphatic rings. The molecule has 0 aromatic heterocycles. The maximum atomic E-state index is 12.1. The molecule has 7 heteroatoms. The lowest BCUT2D eigenvalue weighted by atomic mass is 9.69. The number of hydrogen-bond acceptors (Lipinski definition) is 3. The summed E-state index contributed by atoms with van der Waals surface area (Å²) in [6.45, 7) is 1.35. The molecule has 0 radical (unpaired) electrons. The monoisotopic (exact) mass is 283 g/mol. The SMILES string of the molecule is CN1CCCN(C(=O)NCC2(C(=O)O)CCC2)CC1=O. The van der Waals surface area contributed by atoms with Crippen molar-refractivity contribution in [1.29, 1.82) is 0 Å². The van der Waals surface area contributed by atoms with Crippen LogP contribution in [-0.4, -0.2) is 66.0 Å². The second-order valence-corrected chi connectivity index (χ2v) is 5.69. The summed E-state index contributed by atoms with van der Waals surface area (Å²) >= 11 is 0. The number of aliphatic carboxylic acids is 1. The van der Waals surface area contributed by atoms with Crippen molar-refractivity contribution in [1.82, 2.24) is 15.1 Å². The van der Waals surface area contributed by atoms with E-state index in [9.17, 15) is 19.5 Å². The Morgan fingerprint density at radius 1 is 1.30 bits per heavy atom. The standard InChI is InChI=1S/C13H21N3O4/c1-15-6-3-7-16(8-10(15)17)12(20)14-9-13(11(18)19)4-2-5-13/h2-9H2,1H3,(H,14,20)(H,18,19). The summed E-state index contributed by atoms with van der Waals surface area (Å²) in [5.41, 5.74) is -0.803. The van der Waals surface area contributed by atoms with Crippen molar-refractivity contribution < 1.29 is 19.5 Å². The molecule has 112 valence electrons. The number of nitrogens with one attached hydrogen (secondary N) is 1. The van der Waals surface area contributed by atoms with Gasteiger partial charge in [-0.1, -0.05) is 6.42 Å². The van der Waals surface area contributed by atoms with Crippen molar-refractivity contribution in [2.45, 2.75) is 25.7 Å². The number of nitrogens with zero attached hydrogens (tertiary/aromatic N) is 2. The number of carboxylic acids is 1. The zero-order valence-corrected chi connectivity index (χ0v) is 11.7. The first kappa shape index (κ1) is 14.6. The van der Waals surface area contributed by atoms with E-state index < -0.39 is 11.4 Å². The fraction of sp³-hybridized carbons (Fsp3) is 0.769. The quantitative estimate of drug-likeness (QED) is 0.769. The van der Waals surface area contributed by atoms with Gasteiger partial charge in [-0.05, 0) is 19.3 Å². The Morgan fingerprint density at radius 2 is 2.00 bits per heavy atom. The number of carboxylic acid groups (broad SMARTS) is 1. The van der Waals surface area contributed by atoms with Gasteiger partial charge in [-0.15, -0.1) is 0 Å². The van der Waals surface area contributed by atoms with E-state index in [0.717, 1.165) is 12.8 Å². The van der Waals surface area contributed by atoms with E-state index in [4.69, 9.17) is 0 Å². The summed E-state index contributed by atoms with van der Waals surface area (Å²) < 4.78 is 0. The van der Waals surface area contributed by atoms with E-state index in [0.29, 0.717) is 25.9 Å². The summed E-state index contributed by atoms with van der Waals surface area (Å²) in [5, 5.41) is 11.9. The van der Waals surface area contributed by atoms with Crippen molar-refractivity contribution in [2.24, 2.45) is 5.41 Å².